The van der Waals surface area contributed by atoms with E-state index in [-0.39, 0.29) is 18.1 Å². The quantitative estimate of drug-likeness (QED) is 0.842. The molecule has 132 valence electrons. The average molecular weight is 333 g/mol. The van der Waals surface area contributed by atoms with Crippen molar-refractivity contribution in [3.63, 3.8) is 0 Å². The Hall–Kier alpha value is -1.79. The van der Waals surface area contributed by atoms with Gasteiger partial charge in [0.25, 0.3) is 0 Å². The number of nitrogens with zero attached hydrogens (tertiary/aromatic N) is 1. The first kappa shape index (κ1) is 17.0. The molecule has 0 saturated carbocycles. The van der Waals surface area contributed by atoms with Gasteiger partial charge in [0.1, 0.15) is 11.8 Å². The van der Waals surface area contributed by atoms with Crippen LogP contribution < -0.4 is 20.3 Å². The van der Waals surface area contributed by atoms with E-state index < -0.39 is 0 Å². The second kappa shape index (κ2) is 7.85. The largest absolute Gasteiger partial charge is 0.497 e. The number of hydrogen-bond acceptors (Lipinski definition) is 5. The van der Waals surface area contributed by atoms with Gasteiger partial charge in [-0.05, 0) is 31.4 Å². The Kier molecular flexibility index (Phi) is 5.58. The molecule has 1 aromatic rings. The highest BCUT2D eigenvalue weighted by molar-refractivity contribution is 5.82. The Labute approximate surface area is 143 Å². The van der Waals surface area contributed by atoms with E-state index in [2.05, 4.69) is 27.7 Å². The fourth-order valence-electron chi connectivity index (χ4n) is 3.42. The van der Waals surface area contributed by atoms with E-state index in [1.54, 1.807) is 7.11 Å². The topological polar surface area (TPSA) is 62.8 Å². The van der Waals surface area contributed by atoms with Gasteiger partial charge in [-0.3, -0.25) is 4.79 Å². The highest BCUT2D eigenvalue weighted by atomic mass is 16.5. The van der Waals surface area contributed by atoms with Crippen molar-refractivity contribution in [2.24, 2.45) is 5.92 Å². The van der Waals surface area contributed by atoms with Crippen LogP contribution in [0.1, 0.15) is 13.3 Å². The summed E-state index contributed by atoms with van der Waals surface area (Å²) in [5, 5.41) is 6.32. The van der Waals surface area contributed by atoms with Gasteiger partial charge >= 0.3 is 0 Å². The molecular weight excluding hydrogens is 306 g/mol. The number of anilines is 1. The molecule has 3 atom stereocenters. The van der Waals surface area contributed by atoms with Gasteiger partial charge in [0.2, 0.25) is 5.91 Å². The Morgan fingerprint density at radius 2 is 2.38 bits per heavy atom. The number of ether oxygens (including phenoxy) is 2. The molecule has 0 spiro atoms. The van der Waals surface area contributed by atoms with Crippen LogP contribution in [0.5, 0.6) is 5.75 Å². The van der Waals surface area contributed by atoms with E-state index >= 15 is 0 Å². The van der Waals surface area contributed by atoms with Crippen molar-refractivity contribution in [2.75, 3.05) is 44.8 Å². The van der Waals surface area contributed by atoms with Gasteiger partial charge in [-0.1, -0.05) is 6.07 Å². The summed E-state index contributed by atoms with van der Waals surface area (Å²) in [6, 6.07) is 7.90. The van der Waals surface area contributed by atoms with E-state index in [1.165, 1.54) is 5.69 Å². The molecule has 2 aliphatic heterocycles. The molecule has 3 rings (SSSR count). The summed E-state index contributed by atoms with van der Waals surface area (Å²) in [4.78, 5) is 14.7. The molecule has 2 fully saturated rings. The summed E-state index contributed by atoms with van der Waals surface area (Å²) in [7, 11) is 1.69. The molecular formula is C18H27N3O3. The van der Waals surface area contributed by atoms with E-state index in [0.29, 0.717) is 19.1 Å². The maximum Gasteiger partial charge on any atom is 0.239 e. The monoisotopic (exact) mass is 333 g/mol. The van der Waals surface area contributed by atoms with Crippen molar-refractivity contribution in [2.45, 2.75) is 25.5 Å². The minimum atomic E-state index is -0.241. The Bertz CT molecular complexity index is 566. The molecule has 6 heteroatoms. The van der Waals surface area contributed by atoms with E-state index in [4.69, 9.17) is 9.47 Å². The number of rotatable bonds is 5. The molecule has 2 aliphatic rings. The maximum atomic E-state index is 12.3. The predicted octanol–water partition coefficient (Wildman–Crippen LogP) is 1.01. The molecule has 0 radical (unpaired) electrons. The summed E-state index contributed by atoms with van der Waals surface area (Å²) in [5.74, 6) is 1.39. The first-order valence-electron chi connectivity index (χ1n) is 8.69. The first-order valence-corrected chi connectivity index (χ1v) is 8.69. The van der Waals surface area contributed by atoms with Gasteiger partial charge in [0, 0.05) is 37.9 Å². The summed E-state index contributed by atoms with van der Waals surface area (Å²) in [6.45, 7) is 6.02. The lowest BCUT2D eigenvalue weighted by Crippen LogP contribution is -2.56. The number of carbonyl (C=O) groups is 1. The van der Waals surface area contributed by atoms with E-state index in [1.807, 2.05) is 19.1 Å². The number of methoxy groups -OCH3 is 1. The number of morpholine rings is 1. The molecule has 6 nitrogen and oxygen atoms in total. The second-order valence-corrected chi connectivity index (χ2v) is 6.56. The molecule has 2 saturated heterocycles. The minimum absolute atomic E-state index is 0.0435. The molecule has 2 N–H and O–H groups in total. The van der Waals surface area contributed by atoms with Crippen LogP contribution in [0, 0.1) is 5.92 Å². The number of benzene rings is 1. The average Bonchev–Trinajstić information content (AvgIpc) is 3.09. The molecule has 1 aromatic carbocycles. The van der Waals surface area contributed by atoms with Crippen molar-refractivity contribution in [1.29, 1.82) is 0 Å². The van der Waals surface area contributed by atoms with Gasteiger partial charge in [-0.25, -0.2) is 0 Å². The zero-order chi connectivity index (χ0) is 16.9. The molecule has 0 aliphatic carbocycles. The lowest BCUT2D eigenvalue weighted by atomic mass is 10.1. The molecule has 0 bridgehead atoms. The molecule has 24 heavy (non-hydrogen) atoms. The lowest BCUT2D eigenvalue weighted by molar-refractivity contribution is -0.129. The first-order chi connectivity index (χ1) is 11.7. The van der Waals surface area contributed by atoms with Crippen molar-refractivity contribution in [1.82, 2.24) is 10.6 Å². The van der Waals surface area contributed by atoms with Gasteiger partial charge in [-0.2, -0.15) is 0 Å². The van der Waals surface area contributed by atoms with Crippen molar-refractivity contribution < 1.29 is 14.3 Å². The Morgan fingerprint density at radius 3 is 3.17 bits per heavy atom. The van der Waals surface area contributed by atoms with Crippen LogP contribution in [0.15, 0.2) is 24.3 Å². The zero-order valence-electron chi connectivity index (χ0n) is 14.5. The third-order valence-corrected chi connectivity index (χ3v) is 4.87. The molecule has 2 heterocycles. The highest BCUT2D eigenvalue weighted by Gasteiger charge is 2.29. The van der Waals surface area contributed by atoms with Crippen LogP contribution in [0.25, 0.3) is 0 Å². The third-order valence-electron chi connectivity index (χ3n) is 4.87. The van der Waals surface area contributed by atoms with Gasteiger partial charge in [-0.15, -0.1) is 0 Å². The third kappa shape index (κ3) is 3.99. The maximum absolute atomic E-state index is 12.3. The predicted molar refractivity (Wildman–Crippen MR) is 93.5 cm³/mol. The highest BCUT2D eigenvalue weighted by Crippen LogP contribution is 2.26. The molecule has 1 unspecified atom stereocenters. The normalized spacial score (nSPS) is 27.1. The van der Waals surface area contributed by atoms with Crippen molar-refractivity contribution in [3.05, 3.63) is 24.3 Å². The summed E-state index contributed by atoms with van der Waals surface area (Å²) in [6.07, 6.45) is 1.01. The Morgan fingerprint density at radius 1 is 1.50 bits per heavy atom. The van der Waals surface area contributed by atoms with Gasteiger partial charge in [0.05, 0.1) is 19.8 Å². The van der Waals surface area contributed by atoms with E-state index in [0.717, 1.165) is 31.8 Å². The molecule has 1 amide bonds. The molecule has 0 aromatic heterocycles. The number of nitrogens with one attached hydrogen (secondary N) is 2. The zero-order valence-corrected chi connectivity index (χ0v) is 14.5. The van der Waals surface area contributed by atoms with Gasteiger partial charge < -0.3 is 25.0 Å². The van der Waals surface area contributed by atoms with Crippen LogP contribution in [0.3, 0.4) is 0 Å². The number of amides is 1. The second-order valence-electron chi connectivity index (χ2n) is 6.56. The van der Waals surface area contributed by atoms with Crippen LogP contribution in [-0.2, 0) is 9.53 Å². The number of carbonyl (C=O) groups excluding carboxylic acids is 1. The van der Waals surface area contributed by atoms with E-state index in [9.17, 15) is 4.79 Å². The van der Waals surface area contributed by atoms with Crippen LogP contribution in [-0.4, -0.2) is 57.9 Å². The van der Waals surface area contributed by atoms with Crippen LogP contribution >= 0.6 is 0 Å². The Balaban J connectivity index is 1.48. The standard InChI is InChI=1S/C18H27N3O3/c1-13-17(19-7-9-24-13)18(22)20-11-14-6-8-21(12-14)15-4-3-5-16(10-15)23-2/h3-5,10,13-14,17,19H,6-9,11-12H2,1-2H3,(H,20,22)/t13-,14?,17+/m1/s1. The summed E-state index contributed by atoms with van der Waals surface area (Å²) in [5.41, 5.74) is 1.18. The SMILES string of the molecule is COc1cccc(N2CCC(CNC(=O)[C@H]3NCCO[C@@H]3C)C2)c1. The lowest BCUT2D eigenvalue weighted by Gasteiger charge is -2.29. The van der Waals surface area contributed by atoms with Crippen molar-refractivity contribution >= 4 is 11.6 Å². The fourth-order valence-corrected chi connectivity index (χ4v) is 3.42. The number of hydrogen-bond donors (Lipinski definition) is 2. The van der Waals surface area contributed by atoms with Gasteiger partial charge in [0.15, 0.2) is 0 Å². The fraction of sp³-hybridized carbons (Fsp3) is 0.611. The van der Waals surface area contributed by atoms with Crippen LogP contribution in [0.4, 0.5) is 5.69 Å². The summed E-state index contributed by atoms with van der Waals surface area (Å²) >= 11 is 0. The summed E-state index contributed by atoms with van der Waals surface area (Å²) < 4.78 is 10.8. The minimum Gasteiger partial charge on any atom is -0.497 e. The van der Waals surface area contributed by atoms with Crippen LogP contribution in [0.2, 0.25) is 0 Å². The van der Waals surface area contributed by atoms with Crippen molar-refractivity contribution in [3.8, 4) is 5.75 Å². The smallest absolute Gasteiger partial charge is 0.239 e.